The number of benzene rings is 5. The summed E-state index contributed by atoms with van der Waals surface area (Å²) in [7, 11) is -5.70. The Balaban J connectivity index is 0.000000193. The third-order valence-corrected chi connectivity index (χ3v) is 23.7. The van der Waals surface area contributed by atoms with Gasteiger partial charge in [-0.1, -0.05) is 207 Å². The lowest BCUT2D eigenvalue weighted by Crippen LogP contribution is -2.70. The maximum atomic E-state index is 11.7. The summed E-state index contributed by atoms with van der Waals surface area (Å²) in [5.74, 6) is -0.299. The van der Waals surface area contributed by atoms with Crippen LogP contribution < -0.4 is 20.7 Å². The van der Waals surface area contributed by atoms with E-state index in [0.29, 0.717) is 6.61 Å². The summed E-state index contributed by atoms with van der Waals surface area (Å²) < 4.78 is 32.8. The molecule has 10 heteroatoms. The van der Waals surface area contributed by atoms with Crippen molar-refractivity contribution >= 4 is 37.4 Å². The molecular formula is C53H68O8Si2. The average molecular weight is 889 g/mol. The highest BCUT2D eigenvalue weighted by Gasteiger charge is 2.58. The third kappa shape index (κ3) is 9.22. The largest absolute Gasteiger partial charge is 0.399 e. The molecule has 3 aliphatic heterocycles. The van der Waals surface area contributed by atoms with E-state index in [0.717, 1.165) is 21.5 Å². The zero-order valence-electron chi connectivity index (χ0n) is 38.4. The minimum Gasteiger partial charge on any atom is -0.399 e. The van der Waals surface area contributed by atoms with Crippen LogP contribution >= 0.6 is 0 Å². The average Bonchev–Trinajstić information content (AvgIpc) is 3.74. The van der Waals surface area contributed by atoms with Crippen LogP contribution in [0.1, 0.15) is 72.6 Å². The van der Waals surface area contributed by atoms with Gasteiger partial charge in [-0.2, -0.15) is 0 Å². The fourth-order valence-electron chi connectivity index (χ4n) is 9.94. The molecule has 0 spiro atoms. The molecule has 8 nitrogen and oxygen atoms in total. The topological polar surface area (TPSA) is 107 Å². The van der Waals surface area contributed by atoms with Crippen LogP contribution in [0, 0.1) is 18.8 Å². The fraction of sp³-hybridized carbons (Fsp3) is 0.434. The van der Waals surface area contributed by atoms with E-state index in [1.807, 2.05) is 50.2 Å². The number of hydrogen-bond donors (Lipinski definition) is 3. The van der Waals surface area contributed by atoms with Gasteiger partial charge < -0.3 is 38.4 Å². The Hall–Kier alpha value is -3.79. The van der Waals surface area contributed by atoms with E-state index < -0.39 is 59.5 Å². The van der Waals surface area contributed by atoms with Crippen molar-refractivity contribution in [1.29, 1.82) is 0 Å². The Morgan fingerprint density at radius 3 is 1.35 bits per heavy atom. The molecule has 336 valence electrons. The van der Waals surface area contributed by atoms with Crippen LogP contribution in [0.15, 0.2) is 146 Å². The van der Waals surface area contributed by atoms with E-state index in [4.69, 9.17) is 23.1 Å². The lowest BCUT2D eigenvalue weighted by molar-refractivity contribution is -0.204. The number of rotatable bonds is 10. The van der Waals surface area contributed by atoms with Crippen molar-refractivity contribution in [2.45, 2.75) is 121 Å². The summed E-state index contributed by atoms with van der Waals surface area (Å²) >= 11 is 0. The molecule has 3 aliphatic rings. The van der Waals surface area contributed by atoms with E-state index in [2.05, 4.69) is 158 Å². The zero-order valence-corrected chi connectivity index (χ0v) is 40.4. The predicted octanol–water partition coefficient (Wildman–Crippen LogP) is 7.05. The molecule has 0 aromatic heterocycles. The Morgan fingerprint density at radius 2 is 0.952 bits per heavy atom. The maximum absolute atomic E-state index is 11.7. The fourth-order valence-corrected chi connectivity index (χ4v) is 19.3. The summed E-state index contributed by atoms with van der Waals surface area (Å²) in [6.45, 7) is 19.8. The second-order valence-electron chi connectivity index (χ2n) is 19.8. The number of aryl methyl sites for hydroxylation is 1. The number of aliphatic hydroxyl groups is 3. The van der Waals surface area contributed by atoms with Crippen molar-refractivity contribution in [2.24, 2.45) is 11.8 Å². The van der Waals surface area contributed by atoms with Gasteiger partial charge in [-0.05, 0) is 43.3 Å². The molecule has 4 unspecified atom stereocenters. The Bertz CT molecular complexity index is 2100. The molecule has 3 heterocycles. The molecule has 5 aromatic carbocycles. The molecule has 0 amide bonds. The van der Waals surface area contributed by atoms with Gasteiger partial charge >= 0.3 is 0 Å². The van der Waals surface area contributed by atoms with Crippen LogP contribution in [0.2, 0.25) is 10.1 Å². The Labute approximate surface area is 377 Å². The van der Waals surface area contributed by atoms with Crippen LogP contribution in [0.25, 0.3) is 0 Å². The lowest BCUT2D eigenvalue weighted by Gasteiger charge is -2.50. The van der Waals surface area contributed by atoms with Gasteiger partial charge in [0.15, 0.2) is 6.29 Å². The third-order valence-electron chi connectivity index (χ3n) is 13.6. The van der Waals surface area contributed by atoms with Crippen LogP contribution in [-0.2, 0) is 23.1 Å². The van der Waals surface area contributed by atoms with Crippen molar-refractivity contribution in [3.05, 3.63) is 157 Å². The molecule has 3 fully saturated rings. The van der Waals surface area contributed by atoms with Gasteiger partial charge in [0.25, 0.3) is 16.6 Å². The minimum atomic E-state index is -2.93. The molecule has 0 radical (unpaired) electrons. The summed E-state index contributed by atoms with van der Waals surface area (Å²) in [6.07, 6.45) is -4.06. The molecular weight excluding hydrogens is 821 g/mol. The Kier molecular flexibility index (Phi) is 14.5. The molecule has 0 saturated carbocycles. The highest BCUT2D eigenvalue weighted by Crippen LogP contribution is 2.45. The molecule has 3 saturated heterocycles. The highest BCUT2D eigenvalue weighted by molar-refractivity contribution is 7.00. The molecule has 2 bridgehead atoms. The second-order valence-corrected chi connectivity index (χ2v) is 28.3. The standard InChI is InChI=1S/C30H38O4Si.C23H30O4Si/c1-21-16-18-23(19-17-21)28-29(27(32)22(2)26(20-31)33-28)34-35(30(3,4)5,24-12-8-6-9-13-24)25-14-10-7-11-15-25;1-16-19-15-25-22(26-19)21(20(16)24)27-28(23(2,3)4,17-11-7-5-8-12-17)18-13-9-6-10-14-18/h6-19,22,26-29,31-32H,20H2,1-5H3;5-14,16,19-22,24H,15H2,1-4H3/t22?,26-,27+,28+,29?;16?,19-,20+,21?,22-/m11/s1. The number of hydrogen-bond acceptors (Lipinski definition) is 8. The van der Waals surface area contributed by atoms with Gasteiger partial charge in [0, 0.05) is 11.8 Å². The van der Waals surface area contributed by atoms with Crippen molar-refractivity contribution in [3.8, 4) is 0 Å². The van der Waals surface area contributed by atoms with Crippen LogP contribution in [0.5, 0.6) is 0 Å². The normalized spacial score (nSPS) is 27.6. The first kappa shape index (κ1) is 47.2. The van der Waals surface area contributed by atoms with Crippen molar-refractivity contribution in [2.75, 3.05) is 13.2 Å². The van der Waals surface area contributed by atoms with Crippen molar-refractivity contribution < 1.29 is 38.4 Å². The van der Waals surface area contributed by atoms with E-state index in [1.165, 1.54) is 10.4 Å². The number of aliphatic hydroxyl groups excluding tert-OH is 3. The van der Waals surface area contributed by atoms with Crippen LogP contribution in [0.4, 0.5) is 0 Å². The van der Waals surface area contributed by atoms with Gasteiger partial charge in [0.05, 0.1) is 37.6 Å². The monoisotopic (exact) mass is 888 g/mol. The molecule has 10 atom stereocenters. The number of ether oxygens (including phenoxy) is 3. The van der Waals surface area contributed by atoms with Gasteiger partial charge in [0.1, 0.15) is 18.3 Å². The van der Waals surface area contributed by atoms with Crippen molar-refractivity contribution in [3.63, 3.8) is 0 Å². The molecule has 5 aromatic rings. The summed E-state index contributed by atoms with van der Waals surface area (Å²) in [5, 5.41) is 37.1. The smallest absolute Gasteiger partial charge is 0.261 e. The maximum Gasteiger partial charge on any atom is 0.261 e. The van der Waals surface area contributed by atoms with Gasteiger partial charge in [0.2, 0.25) is 0 Å². The van der Waals surface area contributed by atoms with E-state index in [1.54, 1.807) is 0 Å². The Morgan fingerprint density at radius 1 is 0.556 bits per heavy atom. The first-order valence-corrected chi connectivity index (χ1v) is 26.4. The SMILES string of the molecule is CC1[C@H](O)C(O[Si](c2ccccc2)(c2ccccc2)C(C)(C)C)[C@@H]2OC[C@H]1O2.Cc1ccc([C@@H]2O[C@H](CO)C(C)[C@H](O)C2O[Si](c2ccccc2)(c2ccccc2)C(C)(C)C)cc1. The first-order chi connectivity index (χ1) is 30.0. The van der Waals surface area contributed by atoms with Gasteiger partial charge in [-0.15, -0.1) is 0 Å². The summed E-state index contributed by atoms with van der Waals surface area (Å²) in [6, 6.07) is 50.0. The first-order valence-electron chi connectivity index (χ1n) is 22.6. The zero-order chi connectivity index (χ0) is 45.2. The van der Waals surface area contributed by atoms with E-state index in [-0.39, 0.29) is 34.6 Å². The lowest BCUT2D eigenvalue weighted by atomic mass is 9.86. The summed E-state index contributed by atoms with van der Waals surface area (Å²) in [5.41, 5.74) is 2.10. The molecule has 3 N–H and O–H groups in total. The van der Waals surface area contributed by atoms with Crippen LogP contribution in [-0.4, -0.2) is 88.1 Å². The molecule has 63 heavy (non-hydrogen) atoms. The number of fused-ring (bicyclic) bond motifs is 2. The molecule has 8 rings (SSSR count). The van der Waals surface area contributed by atoms with Gasteiger partial charge in [-0.3, -0.25) is 0 Å². The van der Waals surface area contributed by atoms with Gasteiger partial charge in [-0.25, -0.2) is 0 Å². The summed E-state index contributed by atoms with van der Waals surface area (Å²) in [4.78, 5) is 0. The highest BCUT2D eigenvalue weighted by atomic mass is 28.4. The van der Waals surface area contributed by atoms with E-state index >= 15 is 0 Å². The van der Waals surface area contributed by atoms with Crippen molar-refractivity contribution in [1.82, 2.24) is 0 Å². The van der Waals surface area contributed by atoms with E-state index in [9.17, 15) is 15.3 Å². The minimum absolute atomic E-state index is 0.0260. The molecule has 0 aliphatic carbocycles. The van der Waals surface area contributed by atoms with Crippen LogP contribution in [0.3, 0.4) is 0 Å². The quantitative estimate of drug-likeness (QED) is 0.128. The second kappa shape index (κ2) is 19.4. The predicted molar refractivity (Wildman–Crippen MR) is 256 cm³/mol.